The second-order valence-corrected chi connectivity index (χ2v) is 7.18. The number of nitrogens with zero attached hydrogens (tertiary/aromatic N) is 1. The van der Waals surface area contributed by atoms with E-state index in [-0.39, 0.29) is 11.3 Å². The number of hydrogen-bond donors (Lipinski definition) is 1. The van der Waals surface area contributed by atoms with E-state index in [0.29, 0.717) is 11.5 Å². The summed E-state index contributed by atoms with van der Waals surface area (Å²) in [7, 11) is 0. The molecule has 1 N–H and O–H groups in total. The van der Waals surface area contributed by atoms with E-state index in [2.05, 4.69) is 43.2 Å². The minimum Gasteiger partial charge on any atom is -0.305 e. The first kappa shape index (κ1) is 16.2. The molecule has 3 nitrogen and oxygen atoms in total. The quantitative estimate of drug-likeness (QED) is 0.828. The van der Waals surface area contributed by atoms with Crippen LogP contribution < -0.4 is 5.32 Å². The number of rotatable bonds is 2. The molecule has 3 rings (SSSR count). The third kappa shape index (κ3) is 3.46. The summed E-state index contributed by atoms with van der Waals surface area (Å²) in [4.78, 5) is 16.6. The van der Waals surface area contributed by atoms with Gasteiger partial charge in [-0.15, -0.1) is 0 Å². The third-order valence-corrected chi connectivity index (χ3v) is 4.10. The Balaban J connectivity index is 1.87. The number of benzene rings is 2. The molecule has 1 aliphatic heterocycles. The van der Waals surface area contributed by atoms with Crippen molar-refractivity contribution in [2.24, 2.45) is 4.99 Å². The van der Waals surface area contributed by atoms with Gasteiger partial charge >= 0.3 is 0 Å². The first-order valence-electron chi connectivity index (χ1n) is 8.12. The summed E-state index contributed by atoms with van der Waals surface area (Å²) >= 11 is 0. The van der Waals surface area contributed by atoms with Crippen molar-refractivity contribution in [3.8, 4) is 0 Å². The molecule has 1 aliphatic rings. The van der Waals surface area contributed by atoms with Gasteiger partial charge in [0.15, 0.2) is 0 Å². The summed E-state index contributed by atoms with van der Waals surface area (Å²) in [6, 6.07) is 16.2. The van der Waals surface area contributed by atoms with Crippen LogP contribution in [0, 0.1) is 6.92 Å². The van der Waals surface area contributed by atoms with Crippen molar-refractivity contribution in [3.05, 3.63) is 76.5 Å². The van der Waals surface area contributed by atoms with Crippen LogP contribution in [0.25, 0.3) is 6.08 Å². The molecule has 2 aromatic carbocycles. The summed E-state index contributed by atoms with van der Waals surface area (Å²) < 4.78 is 0. The van der Waals surface area contributed by atoms with Gasteiger partial charge in [-0.05, 0) is 29.5 Å². The molecule has 122 valence electrons. The smallest absolute Gasteiger partial charge is 0.275 e. The Kier molecular flexibility index (Phi) is 4.10. The molecule has 1 amide bonds. The highest BCUT2D eigenvalue weighted by atomic mass is 16.2. The lowest BCUT2D eigenvalue weighted by atomic mass is 9.87. The fourth-order valence-corrected chi connectivity index (χ4v) is 2.55. The predicted octanol–water partition coefficient (Wildman–Crippen LogP) is 4.21. The lowest BCUT2D eigenvalue weighted by molar-refractivity contribution is -0.115. The van der Waals surface area contributed by atoms with Gasteiger partial charge in [-0.2, -0.15) is 0 Å². The fraction of sp³-hybridized carbons (Fsp3) is 0.238. The summed E-state index contributed by atoms with van der Waals surface area (Å²) in [6.07, 6.45) is 1.82. The SMILES string of the molecule is Cc1ccc(C2=N/C(=C/c3ccc(C(C)(C)C)cc3)C(=O)N2)cc1. The highest BCUT2D eigenvalue weighted by molar-refractivity contribution is 6.19. The molecule has 0 saturated carbocycles. The molecule has 0 saturated heterocycles. The zero-order valence-electron chi connectivity index (χ0n) is 14.6. The fourth-order valence-electron chi connectivity index (χ4n) is 2.55. The number of aryl methyl sites for hydroxylation is 1. The lowest BCUT2D eigenvalue weighted by Crippen LogP contribution is -2.24. The third-order valence-electron chi connectivity index (χ3n) is 4.10. The van der Waals surface area contributed by atoms with Gasteiger partial charge in [0.1, 0.15) is 11.5 Å². The Bertz CT molecular complexity index is 820. The van der Waals surface area contributed by atoms with Crippen LogP contribution in [0.5, 0.6) is 0 Å². The largest absolute Gasteiger partial charge is 0.305 e. The molecule has 0 aliphatic carbocycles. The van der Waals surface area contributed by atoms with Crippen molar-refractivity contribution in [2.75, 3.05) is 0 Å². The molecule has 0 unspecified atom stereocenters. The van der Waals surface area contributed by atoms with E-state index < -0.39 is 0 Å². The average Bonchev–Trinajstić information content (AvgIpc) is 2.89. The van der Waals surface area contributed by atoms with Crippen LogP contribution in [0.3, 0.4) is 0 Å². The molecular formula is C21H22N2O. The van der Waals surface area contributed by atoms with Gasteiger partial charge in [-0.25, -0.2) is 4.99 Å². The van der Waals surface area contributed by atoms with Crippen LogP contribution in [0.2, 0.25) is 0 Å². The van der Waals surface area contributed by atoms with Crippen LogP contribution in [0.15, 0.2) is 59.2 Å². The van der Waals surface area contributed by atoms with Crippen molar-refractivity contribution in [1.29, 1.82) is 0 Å². The Hall–Kier alpha value is -2.68. The lowest BCUT2D eigenvalue weighted by Gasteiger charge is -2.18. The maximum atomic E-state index is 12.2. The Morgan fingerprint density at radius 1 is 0.958 bits per heavy atom. The van der Waals surface area contributed by atoms with E-state index >= 15 is 0 Å². The topological polar surface area (TPSA) is 41.5 Å². The standard InChI is InChI=1S/C21H22N2O/c1-14-5-9-16(10-6-14)19-22-18(20(24)23-19)13-15-7-11-17(12-8-15)21(2,3)4/h5-13H,1-4H3,(H,22,23,24)/b18-13+. The van der Waals surface area contributed by atoms with Gasteiger partial charge < -0.3 is 5.32 Å². The summed E-state index contributed by atoms with van der Waals surface area (Å²) in [5.74, 6) is 0.447. The van der Waals surface area contributed by atoms with Crippen molar-refractivity contribution in [2.45, 2.75) is 33.1 Å². The molecule has 24 heavy (non-hydrogen) atoms. The van der Waals surface area contributed by atoms with Crippen LogP contribution in [-0.4, -0.2) is 11.7 Å². The highest BCUT2D eigenvalue weighted by Crippen LogP contribution is 2.23. The maximum Gasteiger partial charge on any atom is 0.275 e. The molecule has 0 spiro atoms. The maximum absolute atomic E-state index is 12.2. The van der Waals surface area contributed by atoms with Crippen LogP contribution in [-0.2, 0) is 10.2 Å². The van der Waals surface area contributed by atoms with Gasteiger partial charge in [-0.3, -0.25) is 4.79 Å². The van der Waals surface area contributed by atoms with E-state index in [4.69, 9.17) is 0 Å². The molecule has 0 aromatic heterocycles. The van der Waals surface area contributed by atoms with Crippen LogP contribution in [0.1, 0.15) is 43.0 Å². The molecule has 0 atom stereocenters. The van der Waals surface area contributed by atoms with Gasteiger partial charge in [0.25, 0.3) is 5.91 Å². The van der Waals surface area contributed by atoms with Gasteiger partial charge in [0.05, 0.1) is 0 Å². The van der Waals surface area contributed by atoms with Gasteiger partial charge in [0, 0.05) is 5.56 Å². The highest BCUT2D eigenvalue weighted by Gasteiger charge is 2.21. The molecule has 3 heteroatoms. The minimum atomic E-state index is -0.162. The number of amidine groups is 1. The molecule has 0 radical (unpaired) electrons. The number of hydrogen-bond acceptors (Lipinski definition) is 2. The summed E-state index contributed by atoms with van der Waals surface area (Å²) in [6.45, 7) is 8.58. The monoisotopic (exact) mass is 318 g/mol. The van der Waals surface area contributed by atoms with Gasteiger partial charge in [0.2, 0.25) is 0 Å². The van der Waals surface area contributed by atoms with Crippen LogP contribution >= 0.6 is 0 Å². The van der Waals surface area contributed by atoms with Crippen molar-refractivity contribution in [3.63, 3.8) is 0 Å². The summed E-state index contributed by atoms with van der Waals surface area (Å²) in [5.41, 5.74) is 4.90. The van der Waals surface area contributed by atoms with Crippen molar-refractivity contribution < 1.29 is 4.79 Å². The molecular weight excluding hydrogens is 296 g/mol. The second-order valence-electron chi connectivity index (χ2n) is 7.18. The number of amides is 1. The van der Waals surface area contributed by atoms with Crippen LogP contribution in [0.4, 0.5) is 0 Å². The number of carbonyl (C=O) groups is 1. The molecule has 1 heterocycles. The normalized spacial score (nSPS) is 16.2. The van der Waals surface area contributed by atoms with Crippen molar-refractivity contribution in [1.82, 2.24) is 5.32 Å². The Labute approximate surface area is 143 Å². The summed E-state index contributed by atoms with van der Waals surface area (Å²) in [5, 5.41) is 2.84. The van der Waals surface area contributed by atoms with E-state index in [1.165, 1.54) is 11.1 Å². The zero-order valence-corrected chi connectivity index (χ0v) is 14.6. The Morgan fingerprint density at radius 2 is 1.58 bits per heavy atom. The second kappa shape index (κ2) is 6.08. The van der Waals surface area contributed by atoms with E-state index in [1.807, 2.05) is 49.4 Å². The Morgan fingerprint density at radius 3 is 2.17 bits per heavy atom. The molecule has 2 aromatic rings. The van der Waals surface area contributed by atoms with E-state index in [1.54, 1.807) is 0 Å². The predicted molar refractivity (Wildman–Crippen MR) is 99.0 cm³/mol. The zero-order chi connectivity index (χ0) is 17.3. The molecule has 0 bridgehead atoms. The van der Waals surface area contributed by atoms with Crippen molar-refractivity contribution >= 4 is 17.8 Å². The minimum absolute atomic E-state index is 0.118. The number of carbonyl (C=O) groups excluding carboxylic acids is 1. The number of nitrogens with one attached hydrogen (secondary N) is 1. The average molecular weight is 318 g/mol. The van der Waals surface area contributed by atoms with E-state index in [9.17, 15) is 4.79 Å². The first-order chi connectivity index (χ1) is 11.3. The number of aliphatic imine (C=N–C) groups is 1. The first-order valence-corrected chi connectivity index (χ1v) is 8.12. The molecule has 0 fully saturated rings. The van der Waals surface area contributed by atoms with E-state index in [0.717, 1.165) is 11.1 Å². The van der Waals surface area contributed by atoms with Gasteiger partial charge in [-0.1, -0.05) is 74.9 Å².